The largest absolute Gasteiger partial charge is 0.481 e. The molecule has 0 spiro atoms. The molecule has 5 heteroatoms. The summed E-state index contributed by atoms with van der Waals surface area (Å²) in [4.78, 5) is 23.8. The summed E-state index contributed by atoms with van der Waals surface area (Å²) >= 11 is 3.35. The molecule has 22 heavy (non-hydrogen) atoms. The predicted octanol–water partition coefficient (Wildman–Crippen LogP) is 4.06. The summed E-state index contributed by atoms with van der Waals surface area (Å²) in [5, 5.41) is 2.73. The standard InChI is InChI=1S/C17H16BrNO3/c1-11(20)15-8-3-4-9-16(15)19-17(21)12(2)22-14-7-5-6-13(18)10-14/h3-10,12H,1-2H3,(H,19,21). The molecule has 0 radical (unpaired) electrons. The number of Topliss-reactive ketones (excluding diaryl/α,β-unsaturated/α-hetero) is 1. The minimum atomic E-state index is -0.686. The van der Waals surface area contributed by atoms with Gasteiger partial charge in [-0.05, 0) is 44.2 Å². The fraction of sp³-hybridized carbons (Fsp3) is 0.176. The molecule has 1 atom stereocenters. The number of anilines is 1. The number of ketones is 1. The Morgan fingerprint density at radius 2 is 1.86 bits per heavy atom. The molecule has 0 saturated heterocycles. The molecule has 0 bridgehead atoms. The van der Waals surface area contributed by atoms with Gasteiger partial charge in [0.1, 0.15) is 5.75 Å². The van der Waals surface area contributed by atoms with Crippen LogP contribution < -0.4 is 10.1 Å². The van der Waals surface area contributed by atoms with Crippen molar-refractivity contribution in [2.45, 2.75) is 20.0 Å². The van der Waals surface area contributed by atoms with Crippen LogP contribution in [0.3, 0.4) is 0 Å². The Kier molecular flexibility index (Phi) is 5.33. The summed E-state index contributed by atoms with van der Waals surface area (Å²) in [5.74, 6) is 0.182. The van der Waals surface area contributed by atoms with Crippen LogP contribution >= 0.6 is 15.9 Å². The zero-order valence-electron chi connectivity index (χ0n) is 12.3. The summed E-state index contributed by atoms with van der Waals surface area (Å²) in [6.45, 7) is 3.12. The number of carbonyl (C=O) groups excluding carboxylic acids is 2. The van der Waals surface area contributed by atoms with Crippen LogP contribution in [0, 0.1) is 0 Å². The first-order chi connectivity index (χ1) is 10.5. The molecule has 1 amide bonds. The number of ether oxygens (including phenoxy) is 1. The van der Waals surface area contributed by atoms with Gasteiger partial charge in [-0.15, -0.1) is 0 Å². The van der Waals surface area contributed by atoms with Gasteiger partial charge in [-0.2, -0.15) is 0 Å². The number of benzene rings is 2. The molecule has 2 aromatic rings. The van der Waals surface area contributed by atoms with Crippen molar-refractivity contribution in [3.63, 3.8) is 0 Å². The van der Waals surface area contributed by atoms with E-state index >= 15 is 0 Å². The van der Waals surface area contributed by atoms with E-state index in [1.54, 1.807) is 43.3 Å². The highest BCUT2D eigenvalue weighted by Gasteiger charge is 2.17. The van der Waals surface area contributed by atoms with Gasteiger partial charge < -0.3 is 10.1 Å². The molecule has 0 saturated carbocycles. The van der Waals surface area contributed by atoms with Crippen LogP contribution in [-0.4, -0.2) is 17.8 Å². The Labute approximate surface area is 137 Å². The molecule has 0 heterocycles. The highest BCUT2D eigenvalue weighted by Crippen LogP contribution is 2.20. The third-order valence-electron chi connectivity index (χ3n) is 3.04. The first-order valence-corrected chi connectivity index (χ1v) is 7.59. The van der Waals surface area contributed by atoms with Crippen LogP contribution in [0.2, 0.25) is 0 Å². The molecule has 0 aliphatic heterocycles. The van der Waals surface area contributed by atoms with Gasteiger partial charge in [-0.25, -0.2) is 0 Å². The van der Waals surface area contributed by atoms with Crippen LogP contribution in [0.4, 0.5) is 5.69 Å². The van der Waals surface area contributed by atoms with Gasteiger partial charge in [0.2, 0.25) is 0 Å². The lowest BCUT2D eigenvalue weighted by molar-refractivity contribution is -0.122. The van der Waals surface area contributed by atoms with Crippen molar-refractivity contribution in [2.75, 3.05) is 5.32 Å². The number of amides is 1. The summed E-state index contributed by atoms with van der Waals surface area (Å²) in [6.07, 6.45) is -0.686. The van der Waals surface area contributed by atoms with Crippen LogP contribution in [0.25, 0.3) is 0 Å². The third-order valence-corrected chi connectivity index (χ3v) is 3.54. The molecular weight excluding hydrogens is 346 g/mol. The van der Waals surface area contributed by atoms with Crippen molar-refractivity contribution in [2.24, 2.45) is 0 Å². The Morgan fingerprint density at radius 1 is 1.14 bits per heavy atom. The van der Waals surface area contributed by atoms with E-state index in [1.807, 2.05) is 12.1 Å². The molecular formula is C17H16BrNO3. The summed E-state index contributed by atoms with van der Waals surface area (Å²) in [5.41, 5.74) is 0.968. The van der Waals surface area contributed by atoms with E-state index in [0.29, 0.717) is 17.0 Å². The number of halogens is 1. The molecule has 0 aliphatic carbocycles. The first kappa shape index (κ1) is 16.2. The maximum atomic E-state index is 12.2. The second-order valence-corrected chi connectivity index (χ2v) is 5.72. The first-order valence-electron chi connectivity index (χ1n) is 6.80. The van der Waals surface area contributed by atoms with Gasteiger partial charge in [0, 0.05) is 10.0 Å². The van der Waals surface area contributed by atoms with Crippen molar-refractivity contribution in [1.29, 1.82) is 0 Å². The number of nitrogens with one attached hydrogen (secondary N) is 1. The topological polar surface area (TPSA) is 55.4 Å². The van der Waals surface area contributed by atoms with E-state index in [4.69, 9.17) is 4.74 Å². The summed E-state index contributed by atoms with van der Waals surface area (Å²) in [7, 11) is 0. The maximum absolute atomic E-state index is 12.2. The van der Waals surface area contributed by atoms with E-state index < -0.39 is 6.10 Å². The number of para-hydroxylation sites is 1. The van der Waals surface area contributed by atoms with E-state index in [0.717, 1.165) is 4.47 Å². The Bertz CT molecular complexity index is 700. The summed E-state index contributed by atoms with van der Waals surface area (Å²) in [6, 6.07) is 14.2. The van der Waals surface area contributed by atoms with Gasteiger partial charge in [-0.3, -0.25) is 9.59 Å². The molecule has 114 valence electrons. The number of hydrogen-bond donors (Lipinski definition) is 1. The van der Waals surface area contributed by atoms with Gasteiger partial charge in [0.15, 0.2) is 11.9 Å². The lowest BCUT2D eigenvalue weighted by Crippen LogP contribution is -2.30. The SMILES string of the molecule is CC(=O)c1ccccc1NC(=O)C(C)Oc1cccc(Br)c1. The Hall–Kier alpha value is -2.14. The molecule has 0 aliphatic rings. The van der Waals surface area contributed by atoms with Crippen molar-refractivity contribution in [3.8, 4) is 5.75 Å². The van der Waals surface area contributed by atoms with Gasteiger partial charge in [0.05, 0.1) is 5.69 Å². The van der Waals surface area contributed by atoms with Crippen molar-refractivity contribution in [1.82, 2.24) is 0 Å². The van der Waals surface area contributed by atoms with E-state index in [-0.39, 0.29) is 11.7 Å². The predicted molar refractivity (Wildman–Crippen MR) is 89.3 cm³/mol. The lowest BCUT2D eigenvalue weighted by Gasteiger charge is -2.16. The molecule has 0 aromatic heterocycles. The highest BCUT2D eigenvalue weighted by atomic mass is 79.9. The van der Waals surface area contributed by atoms with Crippen molar-refractivity contribution in [3.05, 3.63) is 58.6 Å². The van der Waals surface area contributed by atoms with E-state index in [1.165, 1.54) is 6.92 Å². The number of hydrogen-bond acceptors (Lipinski definition) is 3. The molecule has 4 nitrogen and oxygen atoms in total. The van der Waals surface area contributed by atoms with Gasteiger partial charge >= 0.3 is 0 Å². The zero-order valence-corrected chi connectivity index (χ0v) is 13.9. The Morgan fingerprint density at radius 3 is 2.55 bits per heavy atom. The van der Waals surface area contributed by atoms with Crippen LogP contribution in [0.15, 0.2) is 53.0 Å². The summed E-state index contributed by atoms with van der Waals surface area (Å²) < 4.78 is 6.48. The molecule has 1 unspecified atom stereocenters. The fourth-order valence-corrected chi connectivity index (χ4v) is 2.31. The molecule has 1 N–H and O–H groups in total. The number of carbonyl (C=O) groups is 2. The average Bonchev–Trinajstić information content (AvgIpc) is 2.47. The third kappa shape index (κ3) is 4.18. The van der Waals surface area contributed by atoms with Crippen LogP contribution in [0.5, 0.6) is 5.75 Å². The van der Waals surface area contributed by atoms with Crippen LogP contribution in [-0.2, 0) is 4.79 Å². The Balaban J connectivity index is 2.07. The minimum absolute atomic E-state index is 0.100. The maximum Gasteiger partial charge on any atom is 0.265 e. The quantitative estimate of drug-likeness (QED) is 0.817. The van der Waals surface area contributed by atoms with Gasteiger partial charge in [-0.1, -0.05) is 34.1 Å². The van der Waals surface area contributed by atoms with Crippen LogP contribution in [0.1, 0.15) is 24.2 Å². The van der Waals surface area contributed by atoms with Crippen molar-refractivity contribution >= 4 is 33.3 Å². The van der Waals surface area contributed by atoms with Gasteiger partial charge in [0.25, 0.3) is 5.91 Å². The molecule has 0 fully saturated rings. The second-order valence-electron chi connectivity index (χ2n) is 4.81. The smallest absolute Gasteiger partial charge is 0.265 e. The molecule has 2 aromatic carbocycles. The highest BCUT2D eigenvalue weighted by molar-refractivity contribution is 9.10. The fourth-order valence-electron chi connectivity index (χ4n) is 1.93. The molecule has 2 rings (SSSR count). The monoisotopic (exact) mass is 361 g/mol. The average molecular weight is 362 g/mol. The minimum Gasteiger partial charge on any atom is -0.481 e. The number of rotatable bonds is 5. The van der Waals surface area contributed by atoms with E-state index in [9.17, 15) is 9.59 Å². The normalized spacial score (nSPS) is 11.6. The van der Waals surface area contributed by atoms with Crippen molar-refractivity contribution < 1.29 is 14.3 Å². The lowest BCUT2D eigenvalue weighted by atomic mass is 10.1. The second kappa shape index (κ2) is 7.22. The zero-order chi connectivity index (χ0) is 16.1. The van der Waals surface area contributed by atoms with E-state index in [2.05, 4.69) is 21.2 Å².